The molecule has 0 aromatic heterocycles. The molecule has 452 valence electrons. The Hall–Kier alpha value is -3.22. The van der Waals surface area contributed by atoms with Crippen LogP contribution in [0.15, 0.2) is 0 Å². The number of nitrogens with zero attached hydrogens (tertiary/aromatic N) is 2. The third kappa shape index (κ3) is 44.2. The quantitative estimate of drug-likeness (QED) is 0.0323. The summed E-state index contributed by atoms with van der Waals surface area (Å²) in [6, 6.07) is -0.812. The molecule has 0 saturated heterocycles. The van der Waals surface area contributed by atoms with Crippen molar-refractivity contribution in [1.29, 1.82) is 0 Å². The number of hydrogen-bond acceptors (Lipinski definition) is 12. The smallest absolute Gasteiger partial charge is 0.308 e. The highest BCUT2D eigenvalue weighted by Gasteiger charge is 2.28. The summed E-state index contributed by atoms with van der Waals surface area (Å²) in [7, 11) is 4.04. The molecule has 77 heavy (non-hydrogen) atoms. The molecule has 0 rings (SSSR count). The van der Waals surface area contributed by atoms with Crippen molar-refractivity contribution < 1.29 is 52.5 Å². The number of unbranched alkanes of at least 4 members (excludes halogenated alkanes) is 21. The number of carbonyl (C=O) groups excluding carboxylic acids is 6. The summed E-state index contributed by atoms with van der Waals surface area (Å²) in [6.45, 7) is 14.0. The van der Waals surface area contributed by atoms with E-state index in [1.165, 1.54) is 51.4 Å². The summed E-state index contributed by atoms with van der Waals surface area (Å²) in [5.41, 5.74) is 0. The Bertz CT molecular complexity index is 1370. The minimum Gasteiger partial charge on any atom is -0.465 e. The first-order valence-electron chi connectivity index (χ1n) is 32.1. The van der Waals surface area contributed by atoms with E-state index >= 15 is 0 Å². The second kappa shape index (κ2) is 53.4. The van der Waals surface area contributed by atoms with Crippen molar-refractivity contribution in [1.82, 2.24) is 9.80 Å². The lowest BCUT2D eigenvalue weighted by Gasteiger charge is -2.31. The highest BCUT2D eigenvalue weighted by molar-refractivity contribution is 5.82. The van der Waals surface area contributed by atoms with Gasteiger partial charge in [0.25, 0.3) is 0 Å². The van der Waals surface area contributed by atoms with Crippen molar-refractivity contribution in [2.45, 2.75) is 311 Å². The van der Waals surface area contributed by atoms with E-state index in [-0.39, 0.29) is 87.9 Å². The second-order valence-corrected chi connectivity index (χ2v) is 22.5. The van der Waals surface area contributed by atoms with Crippen molar-refractivity contribution in [3.63, 3.8) is 0 Å². The van der Waals surface area contributed by atoms with E-state index in [9.17, 15) is 28.8 Å². The molecule has 0 aromatic rings. The Labute approximate surface area is 472 Å². The van der Waals surface area contributed by atoms with E-state index in [1.807, 2.05) is 14.1 Å². The fourth-order valence-corrected chi connectivity index (χ4v) is 9.88. The Morgan fingerprint density at radius 1 is 0.351 bits per heavy atom. The van der Waals surface area contributed by atoms with Crippen molar-refractivity contribution in [2.75, 3.05) is 53.6 Å². The molecule has 13 heteroatoms. The molecule has 0 heterocycles. The third-order valence-electron chi connectivity index (χ3n) is 14.8. The molecule has 0 fully saturated rings. The Kier molecular flexibility index (Phi) is 51.2. The molecule has 0 aliphatic rings. The highest BCUT2D eigenvalue weighted by atomic mass is 16.6. The van der Waals surface area contributed by atoms with Gasteiger partial charge in [0.1, 0.15) is 19.3 Å². The topological polar surface area (TPSA) is 155 Å². The van der Waals surface area contributed by atoms with Gasteiger partial charge in [-0.25, -0.2) is 0 Å². The van der Waals surface area contributed by atoms with Crippen LogP contribution in [0.1, 0.15) is 298 Å². The zero-order valence-electron chi connectivity index (χ0n) is 51.2. The second-order valence-electron chi connectivity index (χ2n) is 22.5. The zero-order chi connectivity index (χ0) is 57.0. The van der Waals surface area contributed by atoms with E-state index in [0.717, 1.165) is 167 Å². The van der Waals surface area contributed by atoms with Crippen LogP contribution >= 0.6 is 0 Å². The third-order valence-corrected chi connectivity index (χ3v) is 14.8. The number of esters is 5. The first-order valence-corrected chi connectivity index (χ1v) is 32.1. The van der Waals surface area contributed by atoms with Crippen molar-refractivity contribution in [3.8, 4) is 0 Å². The van der Waals surface area contributed by atoms with Crippen LogP contribution in [0.3, 0.4) is 0 Å². The lowest BCUT2D eigenvalue weighted by molar-refractivity contribution is -0.157. The summed E-state index contributed by atoms with van der Waals surface area (Å²) in [5.74, 6) is -2.39. The SMILES string of the molecule is CCCCCCCCC(CCCCCC)C(=O)OCCCC(=O)OCC(COC(=O)CCCOC(=O)C(CCCCCC)CCCCCCCC)N(CCCCCN(C)C)C(=O)CCC(=O)OC(CCC)CCCCCC. The maximum Gasteiger partial charge on any atom is 0.308 e. The summed E-state index contributed by atoms with van der Waals surface area (Å²) in [6.07, 6.45) is 35.4. The summed E-state index contributed by atoms with van der Waals surface area (Å²) in [4.78, 5) is 84.5. The van der Waals surface area contributed by atoms with Gasteiger partial charge in [-0.15, -0.1) is 0 Å². The first kappa shape index (κ1) is 73.8. The lowest BCUT2D eigenvalue weighted by atomic mass is 9.94. The van der Waals surface area contributed by atoms with Crippen molar-refractivity contribution >= 4 is 35.8 Å². The molecule has 3 atom stereocenters. The predicted octanol–water partition coefficient (Wildman–Crippen LogP) is 15.8. The summed E-state index contributed by atoms with van der Waals surface area (Å²) in [5, 5.41) is 0. The monoisotopic (exact) mass is 1090 g/mol. The molecule has 13 nitrogen and oxygen atoms in total. The number of rotatable bonds is 56. The molecule has 0 aliphatic heterocycles. The van der Waals surface area contributed by atoms with Crippen LogP contribution in [-0.2, 0) is 52.5 Å². The van der Waals surface area contributed by atoms with Gasteiger partial charge in [0.2, 0.25) is 5.91 Å². The predicted molar refractivity (Wildman–Crippen MR) is 313 cm³/mol. The van der Waals surface area contributed by atoms with E-state index in [4.69, 9.17) is 23.7 Å². The fourth-order valence-electron chi connectivity index (χ4n) is 9.88. The summed E-state index contributed by atoms with van der Waals surface area (Å²) < 4.78 is 29.1. The van der Waals surface area contributed by atoms with Gasteiger partial charge in [-0.1, -0.05) is 202 Å². The van der Waals surface area contributed by atoms with Gasteiger partial charge < -0.3 is 33.5 Å². The maximum absolute atomic E-state index is 14.2. The molecule has 1 amide bonds. The van der Waals surface area contributed by atoms with Crippen LogP contribution < -0.4 is 0 Å². The molecule has 0 N–H and O–H groups in total. The normalized spacial score (nSPS) is 12.9. The van der Waals surface area contributed by atoms with Gasteiger partial charge in [0.15, 0.2) is 0 Å². The number of amides is 1. The average molecular weight is 1090 g/mol. The molecular formula is C64H120N2O11. The van der Waals surface area contributed by atoms with E-state index < -0.39 is 23.9 Å². The molecule has 0 saturated carbocycles. The number of carbonyl (C=O) groups is 6. The van der Waals surface area contributed by atoms with Gasteiger partial charge in [0.05, 0.1) is 37.5 Å². The van der Waals surface area contributed by atoms with Crippen LogP contribution in [0.5, 0.6) is 0 Å². The van der Waals surface area contributed by atoms with Crippen LogP contribution in [0.2, 0.25) is 0 Å². The average Bonchev–Trinajstić information content (AvgIpc) is 3.41. The van der Waals surface area contributed by atoms with Gasteiger partial charge >= 0.3 is 29.8 Å². The van der Waals surface area contributed by atoms with Crippen molar-refractivity contribution in [2.24, 2.45) is 11.8 Å². The molecular weight excluding hydrogens is 973 g/mol. The van der Waals surface area contributed by atoms with Gasteiger partial charge in [-0.3, -0.25) is 28.8 Å². The molecule has 0 spiro atoms. The van der Waals surface area contributed by atoms with E-state index in [2.05, 4.69) is 46.4 Å². The standard InChI is InChI=1S/C64H120N2O11/c1-9-15-20-25-27-32-42-55(40-30-22-17-11-3)63(71)73-51-37-45-60(68)75-53-57(54-76-61(69)46-38-52-74-64(72)56(41-31-23-18-12-4)43-33-28-26-21-16-10-2)66(50-36-29-35-49-65(7)8)59(67)47-48-62(70)77-58(39-14-6)44-34-24-19-13-5/h55-58H,9-54H2,1-8H3. The summed E-state index contributed by atoms with van der Waals surface area (Å²) >= 11 is 0. The highest BCUT2D eigenvalue weighted by Crippen LogP contribution is 2.23. The first-order chi connectivity index (χ1) is 37.4. The lowest BCUT2D eigenvalue weighted by Crippen LogP contribution is -2.47. The van der Waals surface area contributed by atoms with Crippen LogP contribution in [-0.4, -0.2) is 111 Å². The molecule has 0 aromatic carbocycles. The van der Waals surface area contributed by atoms with Crippen LogP contribution in [0.25, 0.3) is 0 Å². The van der Waals surface area contributed by atoms with Crippen molar-refractivity contribution in [3.05, 3.63) is 0 Å². The van der Waals surface area contributed by atoms with E-state index in [1.54, 1.807) is 4.90 Å². The number of hydrogen-bond donors (Lipinski definition) is 0. The minimum absolute atomic E-state index is 0.0113. The van der Waals surface area contributed by atoms with Gasteiger partial charge in [0, 0.05) is 25.8 Å². The molecule has 3 unspecified atom stereocenters. The van der Waals surface area contributed by atoms with Crippen LogP contribution in [0, 0.1) is 11.8 Å². The Balaban J connectivity index is 6.02. The van der Waals surface area contributed by atoms with Gasteiger partial charge in [-0.2, -0.15) is 0 Å². The molecule has 0 radical (unpaired) electrons. The zero-order valence-corrected chi connectivity index (χ0v) is 51.2. The Morgan fingerprint density at radius 3 is 1.14 bits per heavy atom. The minimum atomic E-state index is -0.812. The van der Waals surface area contributed by atoms with E-state index in [0.29, 0.717) is 25.8 Å². The Morgan fingerprint density at radius 2 is 0.727 bits per heavy atom. The maximum atomic E-state index is 14.2. The van der Waals surface area contributed by atoms with Gasteiger partial charge in [-0.05, 0) is 91.3 Å². The molecule has 0 aliphatic carbocycles. The van der Waals surface area contributed by atoms with Crippen LogP contribution in [0.4, 0.5) is 0 Å². The number of ether oxygens (including phenoxy) is 5. The largest absolute Gasteiger partial charge is 0.465 e. The fraction of sp³-hybridized carbons (Fsp3) is 0.906. The molecule has 0 bridgehead atoms.